The van der Waals surface area contributed by atoms with Gasteiger partial charge in [0.2, 0.25) is 5.91 Å². The van der Waals surface area contributed by atoms with Gasteiger partial charge in [-0.2, -0.15) is 0 Å². The Morgan fingerprint density at radius 1 is 1.43 bits per heavy atom. The molecule has 1 fully saturated rings. The van der Waals surface area contributed by atoms with E-state index in [0.717, 1.165) is 6.42 Å². The van der Waals surface area contributed by atoms with Gasteiger partial charge in [-0.3, -0.25) is 9.36 Å². The molecule has 0 unspecified atom stereocenters. The first-order chi connectivity index (χ1) is 10.0. The van der Waals surface area contributed by atoms with Gasteiger partial charge in [-0.05, 0) is 20.3 Å². The molecule has 2 atom stereocenters. The lowest BCUT2D eigenvalue weighted by Crippen LogP contribution is -2.48. The van der Waals surface area contributed by atoms with Crippen LogP contribution in [0.25, 0.3) is 0 Å². The molecule has 1 aromatic heterocycles. The Balaban J connectivity index is 1.93. The minimum atomic E-state index is -0.222. The van der Waals surface area contributed by atoms with Crippen molar-refractivity contribution < 1.29 is 9.53 Å². The zero-order valence-corrected chi connectivity index (χ0v) is 13.5. The van der Waals surface area contributed by atoms with Crippen LogP contribution in [0.3, 0.4) is 0 Å². The fraction of sp³-hybridized carbons (Fsp3) is 0.769. The number of carbonyl (C=O) groups is 1. The highest BCUT2D eigenvalue weighted by Crippen LogP contribution is 2.17. The van der Waals surface area contributed by atoms with Crippen molar-refractivity contribution in [3.63, 3.8) is 0 Å². The highest BCUT2D eigenvalue weighted by atomic mass is 32.2. The molecule has 1 amide bonds. The van der Waals surface area contributed by atoms with E-state index in [9.17, 15) is 9.59 Å². The third-order valence-corrected chi connectivity index (χ3v) is 4.23. The molecule has 1 aromatic rings. The summed E-state index contributed by atoms with van der Waals surface area (Å²) in [6.07, 6.45) is 0.970. The van der Waals surface area contributed by atoms with Gasteiger partial charge in [0.25, 0.3) is 0 Å². The van der Waals surface area contributed by atoms with Crippen LogP contribution in [0.1, 0.15) is 27.2 Å². The molecule has 8 heteroatoms. The lowest BCUT2D eigenvalue weighted by Gasteiger charge is -2.35. The number of hydrogen-bond donors (Lipinski definition) is 1. The molecule has 1 aliphatic rings. The van der Waals surface area contributed by atoms with Gasteiger partial charge in [0, 0.05) is 19.6 Å². The van der Waals surface area contributed by atoms with E-state index in [0.29, 0.717) is 24.8 Å². The third-order valence-electron chi connectivity index (χ3n) is 3.27. The number of ether oxygens (including phenoxy) is 1. The van der Waals surface area contributed by atoms with Crippen molar-refractivity contribution in [3.05, 3.63) is 10.5 Å². The zero-order valence-electron chi connectivity index (χ0n) is 12.7. The van der Waals surface area contributed by atoms with Crippen molar-refractivity contribution in [1.82, 2.24) is 19.7 Å². The fourth-order valence-corrected chi connectivity index (χ4v) is 3.31. The van der Waals surface area contributed by atoms with Gasteiger partial charge in [0.05, 0.1) is 18.0 Å². The number of amides is 1. The summed E-state index contributed by atoms with van der Waals surface area (Å²) in [6, 6.07) is 0. The van der Waals surface area contributed by atoms with Gasteiger partial charge in [-0.1, -0.05) is 18.7 Å². The highest BCUT2D eigenvalue weighted by Gasteiger charge is 2.26. The van der Waals surface area contributed by atoms with E-state index >= 15 is 0 Å². The molecule has 0 spiro atoms. The first kappa shape index (κ1) is 16.1. The van der Waals surface area contributed by atoms with E-state index in [2.05, 4.69) is 10.2 Å². The summed E-state index contributed by atoms with van der Waals surface area (Å²) in [7, 11) is 0. The van der Waals surface area contributed by atoms with Gasteiger partial charge in [-0.15, -0.1) is 5.10 Å². The zero-order chi connectivity index (χ0) is 15.4. The molecule has 21 heavy (non-hydrogen) atoms. The number of aromatic amines is 1. The molecule has 7 nitrogen and oxygen atoms in total. The molecule has 2 heterocycles. The smallest absolute Gasteiger partial charge is 0.343 e. The molecule has 118 valence electrons. The van der Waals surface area contributed by atoms with Crippen LogP contribution in [-0.2, 0) is 16.1 Å². The highest BCUT2D eigenvalue weighted by molar-refractivity contribution is 7.99. The Hall–Kier alpha value is -1.28. The summed E-state index contributed by atoms with van der Waals surface area (Å²) >= 11 is 1.30. The number of aromatic nitrogens is 3. The van der Waals surface area contributed by atoms with E-state index in [1.165, 1.54) is 11.8 Å². The van der Waals surface area contributed by atoms with Crippen LogP contribution < -0.4 is 5.69 Å². The van der Waals surface area contributed by atoms with Gasteiger partial charge >= 0.3 is 5.69 Å². The molecule has 1 saturated heterocycles. The largest absolute Gasteiger partial charge is 0.372 e. The summed E-state index contributed by atoms with van der Waals surface area (Å²) in [5.41, 5.74) is -0.222. The second kappa shape index (κ2) is 7.13. The molecule has 0 bridgehead atoms. The molecule has 0 saturated carbocycles. The van der Waals surface area contributed by atoms with E-state index in [-0.39, 0.29) is 29.6 Å². The summed E-state index contributed by atoms with van der Waals surface area (Å²) in [6.45, 7) is 7.77. The van der Waals surface area contributed by atoms with Crippen LogP contribution in [-0.4, -0.2) is 56.6 Å². The maximum Gasteiger partial charge on any atom is 0.343 e. The Bertz CT molecular complexity index is 532. The lowest BCUT2D eigenvalue weighted by molar-refractivity contribution is -0.140. The van der Waals surface area contributed by atoms with Crippen molar-refractivity contribution in [2.75, 3.05) is 18.8 Å². The first-order valence-corrected chi connectivity index (χ1v) is 8.21. The second-order valence-electron chi connectivity index (χ2n) is 5.31. The van der Waals surface area contributed by atoms with Crippen LogP contribution in [0.2, 0.25) is 0 Å². The van der Waals surface area contributed by atoms with Gasteiger partial charge in [0.15, 0.2) is 5.16 Å². The predicted octanol–water partition coefficient (Wildman–Crippen LogP) is 0.709. The van der Waals surface area contributed by atoms with Gasteiger partial charge in [-0.25, -0.2) is 9.89 Å². The Morgan fingerprint density at radius 2 is 2.10 bits per heavy atom. The van der Waals surface area contributed by atoms with Gasteiger partial charge in [0.1, 0.15) is 0 Å². The molecular weight excluding hydrogens is 292 g/mol. The number of thioether (sulfide) groups is 1. The fourth-order valence-electron chi connectivity index (χ4n) is 2.43. The Morgan fingerprint density at radius 3 is 2.71 bits per heavy atom. The topological polar surface area (TPSA) is 80.2 Å². The summed E-state index contributed by atoms with van der Waals surface area (Å²) in [4.78, 5) is 25.7. The Kier molecular flexibility index (Phi) is 5.46. The van der Waals surface area contributed by atoms with Crippen LogP contribution >= 0.6 is 11.8 Å². The quantitative estimate of drug-likeness (QED) is 0.810. The first-order valence-electron chi connectivity index (χ1n) is 7.22. The molecule has 0 aromatic carbocycles. The Labute approximate surface area is 128 Å². The number of carbonyl (C=O) groups excluding carboxylic acids is 1. The van der Waals surface area contributed by atoms with Crippen LogP contribution in [0.5, 0.6) is 0 Å². The molecule has 1 N–H and O–H groups in total. The van der Waals surface area contributed by atoms with E-state index < -0.39 is 0 Å². The van der Waals surface area contributed by atoms with Gasteiger partial charge < -0.3 is 9.64 Å². The third kappa shape index (κ3) is 4.10. The second-order valence-corrected chi connectivity index (χ2v) is 6.25. The van der Waals surface area contributed by atoms with Crippen molar-refractivity contribution in [2.24, 2.45) is 0 Å². The molecule has 0 radical (unpaired) electrons. The normalized spacial score (nSPS) is 22.5. The number of morpholine rings is 1. The molecule has 0 aliphatic carbocycles. The van der Waals surface area contributed by atoms with E-state index in [4.69, 9.17) is 4.74 Å². The van der Waals surface area contributed by atoms with Crippen molar-refractivity contribution in [3.8, 4) is 0 Å². The number of H-pyrrole nitrogens is 1. The van der Waals surface area contributed by atoms with Crippen LogP contribution in [0, 0.1) is 0 Å². The van der Waals surface area contributed by atoms with Crippen molar-refractivity contribution >= 4 is 17.7 Å². The SMILES string of the molecule is CCCn1c(SCC(=O)N2C[C@@H](C)O[C@H](C)C2)n[nH]c1=O. The predicted molar refractivity (Wildman–Crippen MR) is 80.5 cm³/mol. The lowest BCUT2D eigenvalue weighted by atomic mass is 10.2. The van der Waals surface area contributed by atoms with Crippen LogP contribution in [0.4, 0.5) is 0 Å². The standard InChI is InChI=1S/C13H22N4O3S/c1-4-5-17-12(19)14-15-13(17)21-8-11(18)16-6-9(2)20-10(3)7-16/h9-10H,4-8H2,1-3H3,(H,14,19)/t9-,10-/m1/s1. The number of nitrogens with zero attached hydrogens (tertiary/aromatic N) is 3. The van der Waals surface area contributed by atoms with E-state index in [1.807, 2.05) is 25.7 Å². The molecular formula is C13H22N4O3S. The summed E-state index contributed by atoms with van der Waals surface area (Å²) < 4.78 is 7.19. The van der Waals surface area contributed by atoms with Crippen molar-refractivity contribution in [2.45, 2.75) is 51.1 Å². The van der Waals surface area contributed by atoms with E-state index in [1.54, 1.807) is 4.57 Å². The van der Waals surface area contributed by atoms with Crippen LogP contribution in [0.15, 0.2) is 9.95 Å². The monoisotopic (exact) mass is 314 g/mol. The molecule has 1 aliphatic heterocycles. The number of nitrogens with one attached hydrogen (secondary N) is 1. The average molecular weight is 314 g/mol. The van der Waals surface area contributed by atoms with Crippen molar-refractivity contribution in [1.29, 1.82) is 0 Å². The maximum absolute atomic E-state index is 12.3. The minimum Gasteiger partial charge on any atom is -0.372 e. The maximum atomic E-state index is 12.3. The average Bonchev–Trinajstić information content (AvgIpc) is 2.77. The number of rotatable bonds is 5. The summed E-state index contributed by atoms with van der Waals surface area (Å²) in [5.74, 6) is 0.341. The minimum absolute atomic E-state index is 0.0560. The molecule has 2 rings (SSSR count). The number of hydrogen-bond acceptors (Lipinski definition) is 5. The summed E-state index contributed by atoms with van der Waals surface area (Å²) in [5, 5.41) is 6.98.